The Labute approximate surface area is 900 Å². The van der Waals surface area contributed by atoms with E-state index in [9.17, 15) is 33.9 Å². The number of aliphatic hydroxyl groups excluding tert-OH is 3. The highest BCUT2D eigenvalue weighted by Crippen LogP contribution is 2.28. The largest absolute Gasteiger partial charge is 0.481 e. The molecule has 12 heterocycles. The van der Waals surface area contributed by atoms with Crippen molar-refractivity contribution in [3.8, 4) is 0 Å². The molecule has 0 aromatic carbocycles. The monoisotopic (exact) mass is 2130 g/mol. The fourth-order valence-electron chi connectivity index (χ4n) is 19.9. The van der Waals surface area contributed by atoms with Crippen LogP contribution in [0.4, 0.5) is 0 Å². The number of ether oxygens (including phenoxy) is 11. The predicted molar refractivity (Wildman–Crippen MR) is 587 cm³/mol. The lowest BCUT2D eigenvalue weighted by molar-refractivity contribution is -0.160. The number of carboxylic acids is 2. The number of unbranched alkanes of at least 4 members (excludes halogenated alkanes) is 1. The number of likely N-dealkylation sites (tertiary alicyclic amines) is 2. The summed E-state index contributed by atoms with van der Waals surface area (Å²) in [5.41, 5.74) is -0.729. The summed E-state index contributed by atoms with van der Waals surface area (Å²) in [6, 6.07) is 6.64. The summed E-state index contributed by atoms with van der Waals surface area (Å²) in [6.07, 6.45) is 15.1. The van der Waals surface area contributed by atoms with Crippen LogP contribution in [0.3, 0.4) is 0 Å². The molecule has 0 bridgehead atoms. The Morgan fingerprint density at radius 2 is 0.839 bits per heavy atom. The van der Waals surface area contributed by atoms with Gasteiger partial charge in [0.05, 0.1) is 148 Å². The van der Waals surface area contributed by atoms with Gasteiger partial charge in [0.1, 0.15) is 17.9 Å². The van der Waals surface area contributed by atoms with Crippen molar-refractivity contribution >= 4 is 35.6 Å². The number of carbonyl (C=O) groups excluding carboxylic acids is 4. The van der Waals surface area contributed by atoms with Gasteiger partial charge in [-0.2, -0.15) is 0 Å². The van der Waals surface area contributed by atoms with Crippen LogP contribution in [-0.2, 0) is 80.9 Å². The molecule has 11 saturated heterocycles. The number of carboxylic acid groups (broad SMARTS) is 2. The Bertz CT molecular complexity index is 3460. The van der Waals surface area contributed by atoms with Crippen LogP contribution < -0.4 is 5.32 Å². The van der Waals surface area contributed by atoms with Gasteiger partial charge < -0.3 is 88.1 Å². The van der Waals surface area contributed by atoms with Gasteiger partial charge in [0.15, 0.2) is 5.92 Å². The van der Waals surface area contributed by atoms with Crippen LogP contribution >= 0.6 is 0 Å². The topological polar surface area (TPSA) is 422 Å². The Balaban J connectivity index is 0.000000556. The molecule has 0 saturated carbocycles. The van der Waals surface area contributed by atoms with Crippen molar-refractivity contribution in [3.05, 3.63) is 0 Å². The third-order valence-corrected chi connectivity index (χ3v) is 29.4. The van der Waals surface area contributed by atoms with E-state index in [0.717, 1.165) is 195 Å². The van der Waals surface area contributed by atoms with Gasteiger partial charge in [-0.25, -0.2) is 0 Å². The lowest BCUT2D eigenvalue weighted by Gasteiger charge is -2.40. The zero-order chi connectivity index (χ0) is 112. The highest BCUT2D eigenvalue weighted by molar-refractivity contribution is 5.94. The summed E-state index contributed by atoms with van der Waals surface area (Å²) in [7, 11) is 3.08. The molecule has 0 radical (unpaired) electrons. The third-order valence-electron chi connectivity index (χ3n) is 29.4. The average Bonchev–Trinajstić information content (AvgIpc) is 1.66. The molecule has 11 fully saturated rings. The summed E-state index contributed by atoms with van der Waals surface area (Å²) in [5.74, 6) is -3.35. The second kappa shape index (κ2) is 79.3. The van der Waals surface area contributed by atoms with Crippen molar-refractivity contribution < 1.29 is 112 Å². The van der Waals surface area contributed by atoms with E-state index in [2.05, 4.69) is 232 Å². The molecule has 12 atom stereocenters. The number of Topliss-reactive ketones (excluding diaryl/α,β-unsaturated/α-hetero) is 1. The molecule has 0 spiro atoms. The highest BCUT2D eigenvalue weighted by Gasteiger charge is 2.40. The SMILES string of the molecule is CC(C)N1CCCCC1C.CC(C)N1CCC[C@H]1C(=O)O.CC(C)N1CCOCC1C1N=NN=N1.CC(C)N1CCOCC1CC(CO)CO.CC(C)N1CCO[C@H](C(C)(C)O)C1.CC(C)N1CCO[C@H](CO)C1.CCC(=O)CCC1CN(C(C)C)CCO1.CCCCC1CN(C(C)C)CCO1.CCOC(=O)C(CC1COCCN1C(C)C)C(=O)O.CNC(=O)C1COCCN1C(C)C.COC(=O)CCC1CN(C(C)C)CCO1. The quantitative estimate of drug-likeness (QED) is 0.0229. The first-order valence-corrected chi connectivity index (χ1v) is 57.0. The lowest BCUT2D eigenvalue weighted by atomic mass is 9.97. The van der Waals surface area contributed by atoms with E-state index in [1.54, 1.807) is 14.0 Å². The number of aliphatic carboxylic acids is 2. The summed E-state index contributed by atoms with van der Waals surface area (Å²) in [6.45, 7) is 84.8. The summed E-state index contributed by atoms with van der Waals surface area (Å²) >= 11 is 0. The van der Waals surface area contributed by atoms with Crippen molar-refractivity contribution in [1.82, 2.24) is 59.2 Å². The third kappa shape index (κ3) is 56.8. The molecule has 0 aliphatic carbocycles. The van der Waals surface area contributed by atoms with Gasteiger partial charge in [-0.15, -0.1) is 10.2 Å². The first-order chi connectivity index (χ1) is 70.6. The van der Waals surface area contributed by atoms with Crippen molar-refractivity contribution in [2.45, 2.75) is 435 Å². The van der Waals surface area contributed by atoms with Gasteiger partial charge in [0.25, 0.3) is 0 Å². The van der Waals surface area contributed by atoms with E-state index in [4.69, 9.17) is 72.9 Å². The van der Waals surface area contributed by atoms with Gasteiger partial charge in [0, 0.05) is 222 Å². The number of likely N-dealkylation sites (N-methyl/N-ethyl adjacent to an activating group) is 1. The van der Waals surface area contributed by atoms with Crippen LogP contribution in [0, 0.1) is 11.8 Å². The van der Waals surface area contributed by atoms with Crippen LogP contribution in [0.15, 0.2) is 20.7 Å². The minimum absolute atomic E-state index is 0.0158. The van der Waals surface area contributed by atoms with Crippen molar-refractivity contribution in [2.75, 3.05) is 231 Å². The number of nitrogens with zero attached hydrogens (tertiary/aromatic N) is 15. The standard InChI is InChI=1S/C13H23NO5.C12H23NO2.C11H21NO3.C11H23NO3.C11H23NO.C10H21NO2.C9H18N2O2.C9H19N.C8H15N5O.C8H17NO2.C8H15NO2/c1-4-19-13(17)11(12(15)16)7-10-8-18-6-5-14(10)9(2)3;1-4-11(14)5-6-12-9-13(10(2)3)7-8-15-12;1-9(2)12-6-7-15-10(8-12)4-5-11(13)14-3;1-9(2)12-3-4-15-8-11(12)5-10(6-13)7-14;1-4-5-6-11-9-12(10(2)3)7-8-13-11;1-8(2)11-5-6-13-9(7-11)10(3,4)12;1-7(2)11-4-5-13-6-8(11)9(12)10-3;1-8(2)10-7-5-4-6-9(10)3;1-6(2)13-3-4-14-5-7(13)8-9-11-12-10-8;1-7(2)9-3-4-11-8(5-9)6-10;1-6(2)9-5-3-4-7(9)8(10)11/h9-11H,4-8H2,1-3H3,(H,15,16);10,12H,4-9H2,1-3H3;9-10H,4-8H2,1-3H3;9-11,13-14H,3-8H2,1-2H3;10-11H,4-9H2,1-3H3;8-9,12H,5-7H2,1-4H3;7-8H,4-6H2,1-3H3,(H,10,12);8-9H,4-7H2,1-3H3;6-8H,3-5H2,1-2H3;7-8,10H,3-6H2,1-2H3;6-7H,3-5H2,1-2H3,(H,10,11)/t;;;;;9-;;;;8-;7-/m.....0...00/s1. The molecule has 39 nitrogen and oxygen atoms in total. The number of piperidine rings is 1. The van der Waals surface area contributed by atoms with Gasteiger partial charge >= 0.3 is 23.9 Å². The zero-order valence-electron chi connectivity index (χ0n) is 98.7. The number of amides is 1. The number of aliphatic hydroxyl groups is 4. The zero-order valence-corrected chi connectivity index (χ0v) is 98.7. The molecule has 12 aliphatic heterocycles. The molecule has 9 unspecified atom stereocenters. The Morgan fingerprint density at radius 3 is 1.23 bits per heavy atom. The normalized spacial score (nSPS) is 25.3. The number of hydrogen-bond donors (Lipinski definition) is 7. The van der Waals surface area contributed by atoms with E-state index >= 15 is 0 Å². The predicted octanol–water partition coefficient (Wildman–Crippen LogP) is 11.3. The first kappa shape index (κ1) is 140. The van der Waals surface area contributed by atoms with E-state index in [1.807, 2.05) is 39.5 Å². The smallest absolute Gasteiger partial charge is 0.320 e. The molecular formula is C110H218N16O23. The van der Waals surface area contributed by atoms with Gasteiger partial charge in [-0.05, 0) is 261 Å². The fourth-order valence-corrected chi connectivity index (χ4v) is 19.9. The second-order valence-corrected chi connectivity index (χ2v) is 44.6. The maximum absolute atomic E-state index is 11.7. The second-order valence-electron chi connectivity index (χ2n) is 44.6. The van der Waals surface area contributed by atoms with Crippen LogP contribution in [-0.4, -0.2) is 496 Å². The summed E-state index contributed by atoms with van der Waals surface area (Å²) in [5, 5.41) is 72.4. The Kier molecular flexibility index (Phi) is 74.6. The number of morpholine rings is 9. The van der Waals surface area contributed by atoms with Crippen LogP contribution in [0.25, 0.3) is 0 Å². The van der Waals surface area contributed by atoms with Gasteiger partial charge in [0.2, 0.25) is 12.1 Å². The summed E-state index contributed by atoms with van der Waals surface area (Å²) < 4.78 is 58.8. The van der Waals surface area contributed by atoms with E-state index in [1.165, 1.54) is 52.2 Å². The number of nitrogens with one attached hydrogen (secondary N) is 1. The molecule has 149 heavy (non-hydrogen) atoms. The van der Waals surface area contributed by atoms with Gasteiger partial charge in [-0.1, -0.05) is 33.1 Å². The maximum atomic E-state index is 11.7. The number of carbonyl (C=O) groups is 6. The summed E-state index contributed by atoms with van der Waals surface area (Å²) in [4.78, 5) is 92.9. The van der Waals surface area contributed by atoms with Crippen molar-refractivity contribution in [2.24, 2.45) is 32.5 Å². The molecule has 1 amide bonds. The minimum atomic E-state index is -1.13. The molecular weight excluding hydrogens is 1910 g/mol. The molecule has 0 aromatic rings. The molecule has 12 rings (SSSR count). The molecule has 876 valence electrons. The maximum Gasteiger partial charge on any atom is 0.320 e. The van der Waals surface area contributed by atoms with Gasteiger partial charge in [-0.3, -0.25) is 82.7 Å². The molecule has 7 N–H and O–H groups in total. The molecule has 0 aromatic heterocycles. The van der Waals surface area contributed by atoms with Crippen molar-refractivity contribution in [1.29, 1.82) is 0 Å². The number of esters is 2. The van der Waals surface area contributed by atoms with Crippen LogP contribution in [0.5, 0.6) is 0 Å². The fraction of sp³-hybridized carbons (Fsp3) is 0.945. The van der Waals surface area contributed by atoms with E-state index in [-0.39, 0.29) is 105 Å². The Morgan fingerprint density at radius 1 is 0.436 bits per heavy atom. The van der Waals surface area contributed by atoms with E-state index < -0.39 is 29.4 Å². The van der Waals surface area contributed by atoms with Crippen LogP contribution in [0.2, 0.25) is 0 Å². The highest BCUT2D eigenvalue weighted by atomic mass is 16.5. The number of rotatable bonds is 35. The van der Waals surface area contributed by atoms with Crippen molar-refractivity contribution in [3.63, 3.8) is 0 Å². The average molecular weight is 2130 g/mol. The lowest BCUT2D eigenvalue weighted by Crippen LogP contribution is -2.55. The first-order valence-electron chi connectivity index (χ1n) is 57.0. The number of methoxy groups -OCH3 is 1. The number of hydrogen-bond acceptors (Lipinski definition) is 36. The molecule has 12 aliphatic rings. The molecule has 39 heteroatoms. The number of ketones is 1. The van der Waals surface area contributed by atoms with Crippen LogP contribution in [0.1, 0.15) is 290 Å². The Hall–Kier alpha value is -4.74. The minimum Gasteiger partial charge on any atom is -0.481 e. The van der Waals surface area contributed by atoms with E-state index in [0.29, 0.717) is 131 Å².